The SMILES string of the molecule is CC1(C)CN(Cc2cccc(CNC3CC3)c2)CCS1. The molecule has 20 heavy (non-hydrogen) atoms. The maximum Gasteiger partial charge on any atom is 0.0234 e. The molecule has 0 radical (unpaired) electrons. The van der Waals surface area contributed by atoms with Gasteiger partial charge in [-0.2, -0.15) is 11.8 Å². The van der Waals surface area contributed by atoms with E-state index < -0.39 is 0 Å². The first-order valence-electron chi connectivity index (χ1n) is 7.78. The van der Waals surface area contributed by atoms with Gasteiger partial charge in [-0.3, -0.25) is 4.90 Å². The summed E-state index contributed by atoms with van der Waals surface area (Å²) in [5, 5.41) is 3.60. The predicted octanol–water partition coefficient (Wildman–Crippen LogP) is 3.27. The molecule has 1 heterocycles. The average molecular weight is 290 g/mol. The average Bonchev–Trinajstić information content (AvgIpc) is 3.19. The van der Waals surface area contributed by atoms with Crippen LogP contribution in [0.3, 0.4) is 0 Å². The van der Waals surface area contributed by atoms with Gasteiger partial charge in [-0.05, 0) is 37.8 Å². The Morgan fingerprint density at radius 3 is 2.85 bits per heavy atom. The molecule has 1 N–H and O–H groups in total. The monoisotopic (exact) mass is 290 g/mol. The number of benzene rings is 1. The lowest BCUT2D eigenvalue weighted by molar-refractivity contribution is 0.252. The molecule has 0 atom stereocenters. The van der Waals surface area contributed by atoms with Gasteiger partial charge >= 0.3 is 0 Å². The van der Waals surface area contributed by atoms with Crippen molar-refractivity contribution in [2.24, 2.45) is 0 Å². The second-order valence-electron chi connectivity index (χ2n) is 6.79. The van der Waals surface area contributed by atoms with Crippen LogP contribution in [0.25, 0.3) is 0 Å². The van der Waals surface area contributed by atoms with Crippen molar-refractivity contribution in [2.45, 2.75) is 50.6 Å². The van der Waals surface area contributed by atoms with Crippen molar-refractivity contribution in [3.05, 3.63) is 35.4 Å². The van der Waals surface area contributed by atoms with Gasteiger partial charge in [0.2, 0.25) is 0 Å². The number of hydrogen-bond acceptors (Lipinski definition) is 3. The van der Waals surface area contributed by atoms with Gasteiger partial charge in [0.15, 0.2) is 0 Å². The number of nitrogens with one attached hydrogen (secondary N) is 1. The van der Waals surface area contributed by atoms with Gasteiger partial charge in [-0.1, -0.05) is 24.3 Å². The quantitative estimate of drug-likeness (QED) is 0.896. The first-order chi connectivity index (χ1) is 9.61. The van der Waals surface area contributed by atoms with Crippen molar-refractivity contribution in [1.29, 1.82) is 0 Å². The fraction of sp³-hybridized carbons (Fsp3) is 0.647. The molecule has 3 rings (SSSR count). The minimum absolute atomic E-state index is 0.406. The molecule has 0 amide bonds. The van der Waals surface area contributed by atoms with E-state index in [4.69, 9.17) is 0 Å². The van der Waals surface area contributed by atoms with E-state index in [-0.39, 0.29) is 0 Å². The fourth-order valence-corrected chi connectivity index (χ4v) is 4.07. The van der Waals surface area contributed by atoms with Crippen LogP contribution in [0.1, 0.15) is 37.8 Å². The number of thioether (sulfide) groups is 1. The third kappa shape index (κ3) is 4.24. The number of nitrogens with zero attached hydrogens (tertiary/aromatic N) is 1. The fourth-order valence-electron chi connectivity index (χ4n) is 2.90. The lowest BCUT2D eigenvalue weighted by Gasteiger charge is -2.37. The van der Waals surface area contributed by atoms with E-state index in [1.807, 2.05) is 0 Å². The lowest BCUT2D eigenvalue weighted by atomic mass is 10.1. The first kappa shape index (κ1) is 14.4. The van der Waals surface area contributed by atoms with Crippen LogP contribution in [-0.2, 0) is 13.1 Å². The van der Waals surface area contributed by atoms with E-state index in [9.17, 15) is 0 Å². The first-order valence-corrected chi connectivity index (χ1v) is 8.77. The van der Waals surface area contributed by atoms with Crippen LogP contribution >= 0.6 is 11.8 Å². The standard InChI is InChI=1S/C17H26N2S/c1-17(2)13-19(8-9-20-17)12-15-5-3-4-14(10-15)11-18-16-6-7-16/h3-5,10,16,18H,6-9,11-13H2,1-2H3. The molecule has 1 aliphatic heterocycles. The highest BCUT2D eigenvalue weighted by atomic mass is 32.2. The predicted molar refractivity (Wildman–Crippen MR) is 88.1 cm³/mol. The van der Waals surface area contributed by atoms with E-state index in [0.717, 1.165) is 19.1 Å². The molecule has 0 bridgehead atoms. The molecule has 2 aliphatic rings. The second kappa shape index (κ2) is 6.08. The van der Waals surface area contributed by atoms with E-state index in [0.29, 0.717) is 4.75 Å². The Kier molecular flexibility index (Phi) is 4.39. The second-order valence-corrected chi connectivity index (χ2v) is 8.60. The maximum absolute atomic E-state index is 3.60. The highest BCUT2D eigenvalue weighted by molar-refractivity contribution is 8.00. The third-order valence-electron chi connectivity index (χ3n) is 4.07. The molecule has 2 nitrogen and oxygen atoms in total. The highest BCUT2D eigenvalue weighted by Gasteiger charge is 2.26. The maximum atomic E-state index is 3.60. The van der Waals surface area contributed by atoms with Gasteiger partial charge in [0.25, 0.3) is 0 Å². The van der Waals surface area contributed by atoms with Crippen molar-refractivity contribution < 1.29 is 0 Å². The molecular weight excluding hydrogens is 264 g/mol. The Labute approximate surface area is 127 Å². The Balaban J connectivity index is 1.57. The summed E-state index contributed by atoms with van der Waals surface area (Å²) in [6.45, 7) is 9.27. The van der Waals surface area contributed by atoms with E-state index in [1.54, 1.807) is 0 Å². The van der Waals surface area contributed by atoms with Crippen LogP contribution in [0, 0.1) is 0 Å². The van der Waals surface area contributed by atoms with Crippen LogP contribution in [-0.4, -0.2) is 34.5 Å². The van der Waals surface area contributed by atoms with Crippen molar-refractivity contribution in [1.82, 2.24) is 10.2 Å². The Bertz CT molecular complexity index is 454. The van der Waals surface area contributed by atoms with Crippen molar-refractivity contribution >= 4 is 11.8 Å². The molecule has 110 valence electrons. The summed E-state index contributed by atoms with van der Waals surface area (Å²) in [5.74, 6) is 1.26. The Morgan fingerprint density at radius 1 is 1.30 bits per heavy atom. The largest absolute Gasteiger partial charge is 0.310 e. The van der Waals surface area contributed by atoms with E-state index in [1.165, 1.54) is 42.8 Å². The summed E-state index contributed by atoms with van der Waals surface area (Å²) in [4.78, 5) is 2.60. The summed E-state index contributed by atoms with van der Waals surface area (Å²) in [7, 11) is 0. The van der Waals surface area contributed by atoms with Crippen LogP contribution < -0.4 is 5.32 Å². The van der Waals surface area contributed by atoms with Gasteiger partial charge in [-0.25, -0.2) is 0 Å². The highest BCUT2D eigenvalue weighted by Crippen LogP contribution is 2.30. The normalized spacial score (nSPS) is 22.9. The molecule has 2 fully saturated rings. The zero-order chi connectivity index (χ0) is 14.0. The van der Waals surface area contributed by atoms with Gasteiger partial charge in [0.1, 0.15) is 0 Å². The summed E-state index contributed by atoms with van der Waals surface area (Å²) in [5.41, 5.74) is 2.89. The van der Waals surface area contributed by atoms with E-state index >= 15 is 0 Å². The van der Waals surface area contributed by atoms with Crippen molar-refractivity contribution in [3.63, 3.8) is 0 Å². The minimum Gasteiger partial charge on any atom is -0.310 e. The van der Waals surface area contributed by atoms with Gasteiger partial charge in [0, 0.05) is 42.7 Å². The van der Waals surface area contributed by atoms with Crippen LogP contribution in [0.4, 0.5) is 0 Å². The summed E-state index contributed by atoms with van der Waals surface area (Å²) in [6, 6.07) is 9.90. The van der Waals surface area contributed by atoms with E-state index in [2.05, 4.69) is 60.1 Å². The van der Waals surface area contributed by atoms with Crippen LogP contribution in [0.15, 0.2) is 24.3 Å². The number of rotatable bonds is 5. The topological polar surface area (TPSA) is 15.3 Å². The van der Waals surface area contributed by atoms with Gasteiger partial charge in [0.05, 0.1) is 0 Å². The van der Waals surface area contributed by atoms with Crippen LogP contribution in [0.2, 0.25) is 0 Å². The minimum atomic E-state index is 0.406. The van der Waals surface area contributed by atoms with Crippen molar-refractivity contribution in [3.8, 4) is 0 Å². The zero-order valence-corrected chi connectivity index (χ0v) is 13.5. The molecule has 3 heteroatoms. The zero-order valence-electron chi connectivity index (χ0n) is 12.7. The molecule has 1 saturated carbocycles. The molecule has 1 aromatic carbocycles. The third-order valence-corrected chi connectivity index (χ3v) is 5.37. The number of hydrogen-bond donors (Lipinski definition) is 1. The molecule has 0 unspecified atom stereocenters. The molecule has 0 spiro atoms. The summed E-state index contributed by atoms with van der Waals surface area (Å²) < 4.78 is 0.406. The summed E-state index contributed by atoms with van der Waals surface area (Å²) >= 11 is 2.10. The van der Waals surface area contributed by atoms with Gasteiger partial charge < -0.3 is 5.32 Å². The van der Waals surface area contributed by atoms with Crippen LogP contribution in [0.5, 0.6) is 0 Å². The Hall–Kier alpha value is -0.510. The molecule has 1 aromatic rings. The smallest absolute Gasteiger partial charge is 0.0234 e. The lowest BCUT2D eigenvalue weighted by Crippen LogP contribution is -2.42. The molecule has 1 saturated heterocycles. The Morgan fingerprint density at radius 2 is 2.10 bits per heavy atom. The van der Waals surface area contributed by atoms with Crippen molar-refractivity contribution in [2.75, 3.05) is 18.8 Å². The summed E-state index contributed by atoms with van der Waals surface area (Å²) in [6.07, 6.45) is 2.72. The molecular formula is C17H26N2S. The van der Waals surface area contributed by atoms with Gasteiger partial charge in [-0.15, -0.1) is 0 Å². The molecule has 0 aromatic heterocycles. The molecule has 1 aliphatic carbocycles.